The monoisotopic (exact) mass is 911 g/mol. The van der Waals surface area contributed by atoms with E-state index >= 15 is 0 Å². The van der Waals surface area contributed by atoms with Gasteiger partial charge < -0.3 is 13.4 Å². The van der Waals surface area contributed by atoms with Gasteiger partial charge in [-0.2, -0.15) is 0 Å². The predicted molar refractivity (Wildman–Crippen MR) is 291 cm³/mol. The fourth-order valence-corrected chi connectivity index (χ4v) is 11.9. The summed E-state index contributed by atoms with van der Waals surface area (Å²) in [5.41, 5.74) is 16.3. The zero-order chi connectivity index (χ0) is 45.9. The van der Waals surface area contributed by atoms with E-state index in [9.17, 15) is 0 Å². The van der Waals surface area contributed by atoms with Crippen LogP contribution in [0.15, 0.2) is 233 Å². The third-order valence-corrected chi connectivity index (χ3v) is 15.1. The Morgan fingerprint density at radius 1 is 0.329 bits per heavy atom. The first-order chi connectivity index (χ1) is 34.6. The summed E-state index contributed by atoms with van der Waals surface area (Å²) in [4.78, 5) is 10.4. The molecule has 0 atom stereocenters. The minimum Gasteiger partial charge on any atom is -0.456 e. The van der Waals surface area contributed by atoms with Crippen molar-refractivity contribution < 1.29 is 8.83 Å². The van der Waals surface area contributed by atoms with Crippen molar-refractivity contribution in [3.8, 4) is 61.8 Å². The van der Waals surface area contributed by atoms with Gasteiger partial charge in [0.15, 0.2) is 5.82 Å². The second kappa shape index (κ2) is 15.2. The normalized spacial score (nSPS) is 12.0. The highest BCUT2D eigenvalue weighted by Crippen LogP contribution is 2.44. The average molecular weight is 912 g/mol. The molecule has 0 saturated heterocycles. The number of rotatable bonds is 6. The third-order valence-electron chi connectivity index (χ3n) is 14.0. The second-order valence-electron chi connectivity index (χ2n) is 18.1. The van der Waals surface area contributed by atoms with Crippen molar-refractivity contribution in [2.75, 3.05) is 0 Å². The molecule has 15 rings (SSSR count). The number of para-hydroxylation sites is 3. The Kier molecular flexibility index (Phi) is 8.46. The molecular weight excluding hydrogens is 875 g/mol. The number of fused-ring (bicyclic) bond motifs is 12. The van der Waals surface area contributed by atoms with Crippen LogP contribution in [0.3, 0.4) is 0 Å². The van der Waals surface area contributed by atoms with Gasteiger partial charge in [0.25, 0.3) is 0 Å². The number of aromatic nitrogens is 3. The zero-order valence-electron chi connectivity index (χ0n) is 37.4. The van der Waals surface area contributed by atoms with Crippen LogP contribution in [0.4, 0.5) is 0 Å². The number of nitrogens with zero attached hydrogens (tertiary/aromatic N) is 3. The van der Waals surface area contributed by atoms with Gasteiger partial charge in [-0.1, -0.05) is 140 Å². The summed E-state index contributed by atoms with van der Waals surface area (Å²) in [5.74, 6) is 0.679. The van der Waals surface area contributed by atoms with Crippen LogP contribution in [-0.4, -0.2) is 14.5 Å². The molecule has 70 heavy (non-hydrogen) atoms. The minimum atomic E-state index is 0.679. The lowest BCUT2D eigenvalue weighted by Crippen LogP contribution is -1.96. The molecule has 0 saturated carbocycles. The Bertz CT molecular complexity index is 4600. The van der Waals surface area contributed by atoms with Crippen molar-refractivity contribution in [2.24, 2.45) is 0 Å². The number of thiophene rings is 1. The first-order valence-corrected chi connectivity index (χ1v) is 24.3. The highest BCUT2D eigenvalue weighted by molar-refractivity contribution is 7.26. The summed E-state index contributed by atoms with van der Waals surface area (Å²) in [7, 11) is 0. The van der Waals surface area contributed by atoms with Gasteiger partial charge in [-0.05, 0) is 107 Å². The summed E-state index contributed by atoms with van der Waals surface area (Å²) in [6.45, 7) is 0. The first kappa shape index (κ1) is 38.9. The molecule has 6 heteroatoms. The summed E-state index contributed by atoms with van der Waals surface area (Å²) in [6.07, 6.45) is 0. The quantitative estimate of drug-likeness (QED) is 0.167. The Morgan fingerprint density at radius 3 is 1.76 bits per heavy atom. The zero-order valence-corrected chi connectivity index (χ0v) is 38.2. The number of furan rings is 2. The molecular formula is C64H37N3O2S. The van der Waals surface area contributed by atoms with Gasteiger partial charge in [0, 0.05) is 74.9 Å². The molecule has 0 bridgehead atoms. The maximum absolute atomic E-state index is 6.59. The van der Waals surface area contributed by atoms with E-state index in [0.29, 0.717) is 5.82 Å². The Balaban J connectivity index is 0.802. The summed E-state index contributed by atoms with van der Waals surface area (Å²) >= 11 is 1.81. The molecule has 0 aliphatic heterocycles. The summed E-state index contributed by atoms with van der Waals surface area (Å²) < 4.78 is 17.7. The van der Waals surface area contributed by atoms with Crippen LogP contribution in [0.25, 0.3) is 148 Å². The van der Waals surface area contributed by atoms with Crippen molar-refractivity contribution in [1.29, 1.82) is 0 Å². The molecule has 0 N–H and O–H groups in total. The lowest BCUT2D eigenvalue weighted by molar-refractivity contribution is 0.668. The molecule has 15 aromatic rings. The molecule has 5 nitrogen and oxygen atoms in total. The van der Waals surface area contributed by atoms with Gasteiger partial charge in [-0.3, -0.25) is 0 Å². The van der Waals surface area contributed by atoms with Crippen LogP contribution in [0, 0.1) is 0 Å². The highest BCUT2D eigenvalue weighted by Gasteiger charge is 2.19. The smallest absolute Gasteiger partial charge is 0.160 e. The number of benzene rings is 10. The third kappa shape index (κ3) is 6.10. The fourth-order valence-electron chi connectivity index (χ4n) is 10.7. The Hall–Kier alpha value is -9.10. The van der Waals surface area contributed by atoms with Gasteiger partial charge >= 0.3 is 0 Å². The molecule has 5 aromatic heterocycles. The molecule has 0 aliphatic carbocycles. The van der Waals surface area contributed by atoms with E-state index in [1.807, 2.05) is 47.7 Å². The summed E-state index contributed by atoms with van der Waals surface area (Å²) in [5, 5.41) is 9.28. The molecule has 0 aliphatic rings. The maximum atomic E-state index is 6.59. The van der Waals surface area contributed by atoms with Crippen molar-refractivity contribution in [3.05, 3.63) is 224 Å². The summed E-state index contributed by atoms with van der Waals surface area (Å²) in [6, 6.07) is 79.6. The van der Waals surface area contributed by atoms with E-state index < -0.39 is 0 Å². The van der Waals surface area contributed by atoms with Crippen molar-refractivity contribution in [1.82, 2.24) is 14.5 Å². The predicted octanol–water partition coefficient (Wildman–Crippen LogP) is 18.1. The Morgan fingerprint density at radius 2 is 0.914 bits per heavy atom. The number of hydrogen-bond donors (Lipinski definition) is 0. The molecule has 5 heterocycles. The van der Waals surface area contributed by atoms with Crippen LogP contribution in [0.5, 0.6) is 0 Å². The van der Waals surface area contributed by atoms with Crippen LogP contribution >= 0.6 is 11.3 Å². The molecule has 0 amide bonds. The number of hydrogen-bond acceptors (Lipinski definition) is 5. The molecule has 326 valence electrons. The van der Waals surface area contributed by atoms with Crippen molar-refractivity contribution >= 4 is 97.2 Å². The largest absolute Gasteiger partial charge is 0.456 e. The van der Waals surface area contributed by atoms with E-state index in [1.54, 1.807) is 0 Å². The van der Waals surface area contributed by atoms with E-state index in [2.05, 4.69) is 193 Å². The van der Waals surface area contributed by atoms with Crippen molar-refractivity contribution in [3.63, 3.8) is 0 Å². The van der Waals surface area contributed by atoms with Crippen LogP contribution in [0.2, 0.25) is 0 Å². The highest BCUT2D eigenvalue weighted by atomic mass is 32.1. The lowest BCUT2D eigenvalue weighted by Gasteiger charge is -2.11. The van der Waals surface area contributed by atoms with Gasteiger partial charge in [0.1, 0.15) is 22.3 Å². The average Bonchev–Trinajstić information content (AvgIpc) is 4.19. The molecule has 0 fully saturated rings. The standard InChI is InChI=1S/C64H37N3O2S/c1-3-12-38(13-4-1)64-65-53(43-25-29-48-47-17-8-10-20-57(47)68-60(48)35-43)37-54(66-64)50-18-11-21-61-63(50)51-30-24-42(36-62(51)70-61)41-23-28-49-52-32-39(26-31-58(52)69-59(49)34-41)40-22-27-46-45-16-7-9-19-55(45)67(56(46)33-40)44-14-5-2-6-15-44/h1-37H. The molecule has 0 spiro atoms. The van der Waals surface area contributed by atoms with Gasteiger partial charge in [-0.15, -0.1) is 11.3 Å². The van der Waals surface area contributed by atoms with Crippen LogP contribution in [0.1, 0.15) is 0 Å². The lowest BCUT2D eigenvalue weighted by atomic mass is 9.98. The van der Waals surface area contributed by atoms with E-state index in [-0.39, 0.29) is 0 Å². The minimum absolute atomic E-state index is 0.679. The molecule has 0 radical (unpaired) electrons. The van der Waals surface area contributed by atoms with Gasteiger partial charge in [0.2, 0.25) is 0 Å². The van der Waals surface area contributed by atoms with Crippen LogP contribution in [-0.2, 0) is 0 Å². The first-order valence-electron chi connectivity index (χ1n) is 23.5. The van der Waals surface area contributed by atoms with E-state index in [0.717, 1.165) is 99.9 Å². The van der Waals surface area contributed by atoms with E-state index in [1.165, 1.54) is 42.0 Å². The van der Waals surface area contributed by atoms with E-state index in [4.69, 9.17) is 18.8 Å². The topological polar surface area (TPSA) is 57.0 Å². The fraction of sp³-hybridized carbons (Fsp3) is 0. The SMILES string of the molecule is c1ccc(-c2nc(-c3ccc4c(c3)oc3ccccc34)cc(-c3cccc4sc5cc(-c6ccc7c(c6)oc6ccc(-c8ccc9c%10ccccc%10n(-c%10ccccc%10)c9c8)cc67)ccc5c34)n2)cc1. The van der Waals surface area contributed by atoms with Crippen LogP contribution < -0.4 is 0 Å². The molecule has 0 unspecified atom stereocenters. The van der Waals surface area contributed by atoms with Crippen molar-refractivity contribution in [2.45, 2.75) is 0 Å². The Labute approximate surface area is 404 Å². The molecule has 10 aromatic carbocycles. The van der Waals surface area contributed by atoms with Gasteiger partial charge in [-0.25, -0.2) is 9.97 Å². The van der Waals surface area contributed by atoms with Gasteiger partial charge in [0.05, 0.1) is 22.4 Å². The maximum Gasteiger partial charge on any atom is 0.160 e. The second-order valence-corrected chi connectivity index (χ2v) is 19.2.